The molecule has 0 atom stereocenters. The maximum absolute atomic E-state index is 5.98. The van der Waals surface area contributed by atoms with E-state index in [0.29, 0.717) is 22.9 Å². The highest BCUT2D eigenvalue weighted by atomic mass is 79.9. The second kappa shape index (κ2) is 6.91. The molecule has 0 radical (unpaired) electrons. The summed E-state index contributed by atoms with van der Waals surface area (Å²) in [4.78, 5) is 14.8. The summed E-state index contributed by atoms with van der Waals surface area (Å²) in [6, 6.07) is 5.53. The van der Waals surface area contributed by atoms with E-state index >= 15 is 0 Å². The fourth-order valence-corrected chi connectivity index (χ4v) is 2.06. The number of nitrogens with zero attached hydrogens (tertiary/aromatic N) is 4. The quantitative estimate of drug-likeness (QED) is 0.838. The second-order valence-corrected chi connectivity index (χ2v) is 5.72. The van der Waals surface area contributed by atoms with Gasteiger partial charge < -0.3 is 15.5 Å². The Hall–Kier alpha value is -1.60. The molecule has 0 unspecified atom stereocenters. The van der Waals surface area contributed by atoms with Crippen molar-refractivity contribution in [2.75, 3.05) is 36.2 Å². The van der Waals surface area contributed by atoms with Crippen LogP contribution in [0.1, 0.15) is 6.92 Å². The molecular weight excluding hydrogens is 356 g/mol. The van der Waals surface area contributed by atoms with Gasteiger partial charge in [-0.05, 0) is 41.1 Å². The Balaban J connectivity index is 2.31. The largest absolute Gasteiger partial charge is 0.354 e. The lowest BCUT2D eigenvalue weighted by molar-refractivity contribution is 0.953. The van der Waals surface area contributed by atoms with Gasteiger partial charge in [-0.25, -0.2) is 0 Å². The van der Waals surface area contributed by atoms with E-state index in [9.17, 15) is 0 Å². The Labute approximate surface area is 137 Å². The highest BCUT2D eigenvalue weighted by Gasteiger charge is 2.08. The molecule has 2 rings (SSSR count). The zero-order valence-corrected chi connectivity index (χ0v) is 14.3. The van der Waals surface area contributed by atoms with Crippen molar-refractivity contribution < 1.29 is 0 Å². The lowest BCUT2D eigenvalue weighted by Crippen LogP contribution is -2.16. The van der Waals surface area contributed by atoms with Crippen molar-refractivity contribution >= 4 is 51.1 Å². The highest BCUT2D eigenvalue weighted by Crippen LogP contribution is 2.27. The number of rotatable bonds is 5. The van der Waals surface area contributed by atoms with Crippen LogP contribution in [-0.4, -0.2) is 35.6 Å². The number of hydrogen-bond donors (Lipinski definition) is 2. The average molecular weight is 372 g/mol. The molecule has 0 bridgehead atoms. The van der Waals surface area contributed by atoms with Crippen molar-refractivity contribution in [2.45, 2.75) is 6.92 Å². The van der Waals surface area contributed by atoms with Crippen molar-refractivity contribution in [2.24, 2.45) is 0 Å². The summed E-state index contributed by atoms with van der Waals surface area (Å²) in [5, 5.41) is 6.89. The average Bonchev–Trinajstić information content (AvgIpc) is 2.43. The Morgan fingerprint density at radius 3 is 2.52 bits per heavy atom. The zero-order chi connectivity index (χ0) is 15.4. The molecule has 0 aliphatic carbocycles. The molecule has 2 aromatic rings. The van der Waals surface area contributed by atoms with Crippen LogP contribution in [0.2, 0.25) is 5.02 Å². The van der Waals surface area contributed by atoms with E-state index in [2.05, 4.69) is 41.5 Å². The molecule has 6 nitrogen and oxygen atoms in total. The first-order valence-corrected chi connectivity index (χ1v) is 7.56. The molecule has 0 saturated heterocycles. The van der Waals surface area contributed by atoms with E-state index in [0.717, 1.165) is 16.7 Å². The van der Waals surface area contributed by atoms with Gasteiger partial charge in [-0.3, -0.25) is 0 Å². The molecule has 1 heterocycles. The van der Waals surface area contributed by atoms with E-state index in [1.54, 1.807) is 6.07 Å². The van der Waals surface area contributed by atoms with Crippen LogP contribution in [0.4, 0.5) is 23.5 Å². The molecule has 8 heteroatoms. The Morgan fingerprint density at radius 1 is 1.19 bits per heavy atom. The normalized spacial score (nSPS) is 10.3. The third-order valence-electron chi connectivity index (χ3n) is 2.53. The first kappa shape index (κ1) is 15.8. The number of nitrogens with one attached hydrogen (secondary N) is 2. The molecule has 0 aliphatic rings. The predicted octanol–water partition coefficient (Wildman–Crippen LogP) is 3.53. The molecule has 112 valence electrons. The molecule has 1 aromatic heterocycles. The minimum absolute atomic E-state index is 0.471. The van der Waals surface area contributed by atoms with Crippen LogP contribution >= 0.6 is 27.5 Å². The highest BCUT2D eigenvalue weighted by molar-refractivity contribution is 9.10. The van der Waals surface area contributed by atoms with Crippen LogP contribution < -0.4 is 15.5 Å². The van der Waals surface area contributed by atoms with Crippen LogP contribution in [0.3, 0.4) is 0 Å². The van der Waals surface area contributed by atoms with E-state index in [4.69, 9.17) is 11.6 Å². The summed E-state index contributed by atoms with van der Waals surface area (Å²) in [6.07, 6.45) is 0. The molecular formula is C13H16BrClN6. The lowest BCUT2D eigenvalue weighted by Gasteiger charge is -2.14. The third-order valence-corrected chi connectivity index (χ3v) is 3.75. The number of halogens is 2. The van der Waals surface area contributed by atoms with Gasteiger partial charge in [-0.15, -0.1) is 0 Å². The minimum Gasteiger partial charge on any atom is -0.354 e. The van der Waals surface area contributed by atoms with Crippen LogP contribution in [0, 0.1) is 0 Å². The molecule has 0 amide bonds. The Morgan fingerprint density at radius 2 is 1.90 bits per heavy atom. The first-order chi connectivity index (χ1) is 9.99. The van der Waals surface area contributed by atoms with Gasteiger partial charge in [0, 0.05) is 30.8 Å². The van der Waals surface area contributed by atoms with Crippen molar-refractivity contribution in [3.8, 4) is 0 Å². The molecule has 0 fully saturated rings. The Bertz CT molecular complexity index is 634. The van der Waals surface area contributed by atoms with Crippen molar-refractivity contribution in [3.05, 3.63) is 27.7 Å². The summed E-state index contributed by atoms with van der Waals surface area (Å²) in [6.45, 7) is 2.73. The first-order valence-electron chi connectivity index (χ1n) is 6.39. The van der Waals surface area contributed by atoms with Crippen LogP contribution in [0.15, 0.2) is 22.7 Å². The third kappa shape index (κ3) is 4.18. The molecule has 21 heavy (non-hydrogen) atoms. The number of aromatic nitrogens is 3. The number of hydrogen-bond acceptors (Lipinski definition) is 6. The summed E-state index contributed by atoms with van der Waals surface area (Å²) in [5.74, 6) is 1.59. The van der Waals surface area contributed by atoms with E-state index in [1.807, 2.05) is 38.1 Å². The molecule has 0 saturated carbocycles. The van der Waals surface area contributed by atoms with Crippen molar-refractivity contribution in [3.63, 3.8) is 0 Å². The summed E-state index contributed by atoms with van der Waals surface area (Å²) < 4.78 is 0.808. The number of anilines is 4. The maximum Gasteiger partial charge on any atom is 0.233 e. The fourth-order valence-electron chi connectivity index (χ4n) is 1.56. The monoisotopic (exact) mass is 370 g/mol. The SMILES string of the molecule is CCNc1nc(Nc2ccc(Cl)c(Br)c2)nc(N(C)C)n1. The van der Waals surface area contributed by atoms with Gasteiger partial charge in [0.05, 0.1) is 5.02 Å². The summed E-state index contributed by atoms with van der Waals surface area (Å²) >= 11 is 9.38. The van der Waals surface area contributed by atoms with E-state index < -0.39 is 0 Å². The van der Waals surface area contributed by atoms with Gasteiger partial charge in [0.15, 0.2) is 0 Å². The van der Waals surface area contributed by atoms with E-state index in [-0.39, 0.29) is 0 Å². The van der Waals surface area contributed by atoms with Crippen molar-refractivity contribution in [1.29, 1.82) is 0 Å². The second-order valence-electron chi connectivity index (χ2n) is 4.46. The Kier molecular flexibility index (Phi) is 5.19. The molecule has 0 aliphatic heterocycles. The van der Waals surface area contributed by atoms with Crippen molar-refractivity contribution in [1.82, 2.24) is 15.0 Å². The topological polar surface area (TPSA) is 66.0 Å². The maximum atomic E-state index is 5.98. The van der Waals surface area contributed by atoms with Gasteiger partial charge in [-0.1, -0.05) is 11.6 Å². The number of benzene rings is 1. The molecule has 1 aromatic carbocycles. The summed E-state index contributed by atoms with van der Waals surface area (Å²) in [5.41, 5.74) is 0.838. The predicted molar refractivity (Wildman–Crippen MR) is 90.8 cm³/mol. The molecule has 0 spiro atoms. The van der Waals surface area contributed by atoms with Gasteiger partial charge in [-0.2, -0.15) is 15.0 Å². The molecule has 2 N–H and O–H groups in total. The van der Waals surface area contributed by atoms with Crippen LogP contribution in [-0.2, 0) is 0 Å². The van der Waals surface area contributed by atoms with Gasteiger partial charge in [0.1, 0.15) is 0 Å². The standard InChI is InChI=1S/C13H16BrClN6/c1-4-16-11-18-12(20-13(19-11)21(2)3)17-8-5-6-10(15)9(14)7-8/h5-7H,4H2,1-3H3,(H2,16,17,18,19,20). The van der Waals surface area contributed by atoms with Crippen LogP contribution in [0.25, 0.3) is 0 Å². The van der Waals surface area contributed by atoms with Gasteiger partial charge in [0.25, 0.3) is 0 Å². The van der Waals surface area contributed by atoms with E-state index in [1.165, 1.54) is 0 Å². The fraction of sp³-hybridized carbons (Fsp3) is 0.308. The van der Waals surface area contributed by atoms with Gasteiger partial charge >= 0.3 is 0 Å². The smallest absolute Gasteiger partial charge is 0.233 e. The lowest BCUT2D eigenvalue weighted by atomic mass is 10.3. The van der Waals surface area contributed by atoms with Crippen LogP contribution in [0.5, 0.6) is 0 Å². The summed E-state index contributed by atoms with van der Waals surface area (Å²) in [7, 11) is 3.77. The minimum atomic E-state index is 0.471. The zero-order valence-electron chi connectivity index (χ0n) is 12.0. The van der Waals surface area contributed by atoms with Gasteiger partial charge in [0.2, 0.25) is 17.8 Å².